The van der Waals surface area contributed by atoms with Gasteiger partial charge in [0, 0.05) is 42.7 Å². The zero-order chi connectivity index (χ0) is 46.2. The van der Waals surface area contributed by atoms with Crippen LogP contribution in [0.4, 0.5) is 0 Å². The SMILES string of the molecule is O=C(O)CCCCCCCCCCCOc1cccc(C2c3cccc(OCCCCCCCCCCCC(=O)O)c3Cc3c(OCCCCCCCCCCCC(=O)O)cccc32)c1. The minimum absolute atomic E-state index is 0.0155. The van der Waals surface area contributed by atoms with Crippen molar-refractivity contribution in [2.45, 2.75) is 205 Å². The third-order valence-electron chi connectivity index (χ3n) is 12.9. The van der Waals surface area contributed by atoms with Gasteiger partial charge in [-0.1, -0.05) is 171 Å². The molecule has 360 valence electrons. The number of aliphatic carboxylic acids is 3. The number of ether oxygens (including phenoxy) is 3. The van der Waals surface area contributed by atoms with Crippen molar-refractivity contribution < 1.29 is 43.9 Å². The van der Waals surface area contributed by atoms with E-state index in [0.717, 1.165) is 120 Å². The van der Waals surface area contributed by atoms with E-state index < -0.39 is 17.9 Å². The van der Waals surface area contributed by atoms with Gasteiger partial charge < -0.3 is 29.5 Å². The van der Waals surface area contributed by atoms with Gasteiger partial charge in [0.1, 0.15) is 17.2 Å². The van der Waals surface area contributed by atoms with E-state index in [1.165, 1.54) is 105 Å². The molecule has 0 atom stereocenters. The number of carbonyl (C=O) groups is 3. The number of hydrogen-bond acceptors (Lipinski definition) is 6. The highest BCUT2D eigenvalue weighted by Crippen LogP contribution is 2.47. The van der Waals surface area contributed by atoms with Crippen molar-refractivity contribution >= 4 is 17.9 Å². The summed E-state index contributed by atoms with van der Waals surface area (Å²) < 4.78 is 19.6. The monoisotopic (exact) mass is 899 g/mol. The molecule has 0 amide bonds. The molecule has 3 aromatic rings. The Morgan fingerprint density at radius 2 is 0.723 bits per heavy atom. The van der Waals surface area contributed by atoms with Crippen LogP contribution in [-0.4, -0.2) is 53.0 Å². The van der Waals surface area contributed by atoms with Crippen LogP contribution < -0.4 is 14.2 Å². The molecule has 0 bridgehead atoms. The number of carboxylic acid groups (broad SMARTS) is 3. The first kappa shape index (κ1) is 53.1. The van der Waals surface area contributed by atoms with Gasteiger partial charge in [0.05, 0.1) is 19.8 Å². The predicted molar refractivity (Wildman–Crippen MR) is 261 cm³/mol. The average Bonchev–Trinajstić information content (AvgIpc) is 3.29. The third-order valence-corrected chi connectivity index (χ3v) is 12.9. The Kier molecular flexibility index (Phi) is 27.0. The highest BCUT2D eigenvalue weighted by Gasteiger charge is 2.31. The Bertz CT molecular complexity index is 1700. The Morgan fingerprint density at radius 3 is 1.09 bits per heavy atom. The van der Waals surface area contributed by atoms with Crippen molar-refractivity contribution in [1.82, 2.24) is 0 Å². The molecule has 4 rings (SSSR count). The number of hydrogen-bond donors (Lipinski definition) is 3. The van der Waals surface area contributed by atoms with Crippen molar-refractivity contribution in [2.24, 2.45) is 0 Å². The van der Waals surface area contributed by atoms with E-state index in [4.69, 9.17) is 29.5 Å². The molecule has 9 nitrogen and oxygen atoms in total. The maximum atomic E-state index is 10.7. The minimum atomic E-state index is -0.696. The summed E-state index contributed by atoms with van der Waals surface area (Å²) in [6.45, 7) is 2.06. The number of rotatable bonds is 40. The normalized spacial score (nSPS) is 12.1. The highest BCUT2D eigenvalue weighted by atomic mass is 16.5. The van der Waals surface area contributed by atoms with E-state index in [0.29, 0.717) is 19.8 Å². The quantitative estimate of drug-likeness (QED) is 0.0372. The lowest BCUT2D eigenvalue weighted by Crippen LogP contribution is -2.18. The van der Waals surface area contributed by atoms with Crippen LogP contribution in [0.5, 0.6) is 17.2 Å². The van der Waals surface area contributed by atoms with Crippen molar-refractivity contribution in [3.8, 4) is 17.2 Å². The van der Waals surface area contributed by atoms with Gasteiger partial charge in [0.2, 0.25) is 0 Å². The Hall–Kier alpha value is -4.53. The molecular weight excluding hydrogens is 817 g/mol. The molecule has 0 aromatic heterocycles. The fraction of sp³-hybridized carbons (Fsp3) is 0.625. The second-order valence-electron chi connectivity index (χ2n) is 18.4. The van der Waals surface area contributed by atoms with Crippen LogP contribution in [0.15, 0.2) is 60.7 Å². The van der Waals surface area contributed by atoms with Crippen molar-refractivity contribution in [1.29, 1.82) is 0 Å². The molecule has 0 fully saturated rings. The smallest absolute Gasteiger partial charge is 0.303 e. The van der Waals surface area contributed by atoms with E-state index in [2.05, 4.69) is 60.7 Å². The van der Waals surface area contributed by atoms with Crippen LogP contribution in [0, 0.1) is 0 Å². The number of fused-ring (bicyclic) bond motifs is 2. The van der Waals surface area contributed by atoms with Crippen LogP contribution in [0.3, 0.4) is 0 Å². The molecule has 0 unspecified atom stereocenters. The lowest BCUT2D eigenvalue weighted by atomic mass is 9.74. The van der Waals surface area contributed by atoms with E-state index >= 15 is 0 Å². The molecule has 3 N–H and O–H groups in total. The number of benzene rings is 3. The molecule has 0 saturated carbocycles. The van der Waals surface area contributed by atoms with E-state index in [-0.39, 0.29) is 25.2 Å². The lowest BCUT2D eigenvalue weighted by molar-refractivity contribution is -0.138. The highest BCUT2D eigenvalue weighted by molar-refractivity contribution is 5.67. The summed E-state index contributed by atoms with van der Waals surface area (Å²) in [6, 6.07) is 21.7. The lowest BCUT2D eigenvalue weighted by Gasteiger charge is -2.31. The van der Waals surface area contributed by atoms with Crippen LogP contribution in [-0.2, 0) is 20.8 Å². The molecule has 0 heterocycles. The molecule has 0 spiro atoms. The molecule has 1 aliphatic rings. The van der Waals surface area contributed by atoms with E-state index in [1.54, 1.807) is 0 Å². The van der Waals surface area contributed by atoms with Crippen molar-refractivity contribution in [3.05, 3.63) is 88.5 Å². The van der Waals surface area contributed by atoms with Crippen LogP contribution >= 0.6 is 0 Å². The van der Waals surface area contributed by atoms with Gasteiger partial charge in [-0.15, -0.1) is 0 Å². The van der Waals surface area contributed by atoms with Gasteiger partial charge in [-0.3, -0.25) is 14.4 Å². The Morgan fingerprint density at radius 1 is 0.400 bits per heavy atom. The first-order valence-electron chi connectivity index (χ1n) is 25.7. The van der Waals surface area contributed by atoms with Crippen molar-refractivity contribution in [2.75, 3.05) is 19.8 Å². The summed E-state index contributed by atoms with van der Waals surface area (Å²) in [4.78, 5) is 32.2. The zero-order valence-electron chi connectivity index (χ0n) is 39.7. The Labute approximate surface area is 391 Å². The van der Waals surface area contributed by atoms with Gasteiger partial charge in [0.25, 0.3) is 0 Å². The van der Waals surface area contributed by atoms with E-state index in [9.17, 15) is 14.4 Å². The Balaban J connectivity index is 1.32. The maximum absolute atomic E-state index is 10.7. The van der Waals surface area contributed by atoms with Gasteiger partial charge in [-0.2, -0.15) is 0 Å². The fourth-order valence-corrected chi connectivity index (χ4v) is 9.24. The van der Waals surface area contributed by atoms with Gasteiger partial charge in [-0.05, 0) is 79.5 Å². The molecule has 0 aliphatic heterocycles. The standard InChI is InChI=1S/C56H82O9/c57-53(58)37-22-16-10-4-1-7-13-19-25-40-63-46-32-28-31-45(43-46)56-47-33-29-35-51(64-41-26-20-14-8-2-5-11-17-23-38-54(59)60)49(47)44-50-48(56)34-30-36-52(50)65-42-27-21-15-9-3-6-12-18-24-39-55(61)62/h28-36,43,56H,1-27,37-42,44H2,(H,57,58)(H,59,60)(H,61,62). The molecule has 0 saturated heterocycles. The maximum Gasteiger partial charge on any atom is 0.303 e. The molecule has 65 heavy (non-hydrogen) atoms. The second-order valence-corrected chi connectivity index (χ2v) is 18.4. The molecule has 3 aromatic carbocycles. The second kappa shape index (κ2) is 33.0. The summed E-state index contributed by atoms with van der Waals surface area (Å²) in [6.07, 6.45) is 31.1. The summed E-state index contributed by atoms with van der Waals surface area (Å²) in [5.41, 5.74) is 6.22. The van der Waals surface area contributed by atoms with Crippen LogP contribution in [0.25, 0.3) is 0 Å². The summed E-state index contributed by atoms with van der Waals surface area (Å²) in [5.74, 6) is 0.745. The predicted octanol–water partition coefficient (Wildman–Crippen LogP) is 14.9. The van der Waals surface area contributed by atoms with Gasteiger partial charge >= 0.3 is 17.9 Å². The molecule has 0 radical (unpaired) electrons. The minimum Gasteiger partial charge on any atom is -0.494 e. The average molecular weight is 899 g/mol. The van der Waals surface area contributed by atoms with Crippen LogP contribution in [0.2, 0.25) is 0 Å². The molecule has 1 aliphatic carbocycles. The first-order chi connectivity index (χ1) is 31.8. The molecular formula is C56H82O9. The van der Waals surface area contributed by atoms with Crippen molar-refractivity contribution in [3.63, 3.8) is 0 Å². The zero-order valence-corrected chi connectivity index (χ0v) is 39.7. The van der Waals surface area contributed by atoms with Gasteiger partial charge in [-0.25, -0.2) is 0 Å². The summed E-state index contributed by atoms with van der Waals surface area (Å²) in [5, 5.41) is 26.5. The number of carboxylic acids is 3. The topological polar surface area (TPSA) is 140 Å². The summed E-state index contributed by atoms with van der Waals surface area (Å²) in [7, 11) is 0. The largest absolute Gasteiger partial charge is 0.494 e. The number of unbranched alkanes of at least 4 members (excludes halogenated alkanes) is 24. The first-order valence-corrected chi connectivity index (χ1v) is 25.7. The fourth-order valence-electron chi connectivity index (χ4n) is 9.24. The third kappa shape index (κ3) is 22.0. The van der Waals surface area contributed by atoms with Gasteiger partial charge in [0.15, 0.2) is 0 Å². The summed E-state index contributed by atoms with van der Waals surface area (Å²) >= 11 is 0. The molecule has 9 heteroatoms. The van der Waals surface area contributed by atoms with Crippen LogP contribution in [0.1, 0.15) is 226 Å². The van der Waals surface area contributed by atoms with E-state index in [1.807, 2.05) is 0 Å².